The first-order valence-electron chi connectivity index (χ1n) is 8.65. The van der Waals surface area contributed by atoms with Gasteiger partial charge in [0.2, 0.25) is 5.72 Å². The molecule has 1 aromatic heterocycles. The lowest BCUT2D eigenvalue weighted by atomic mass is 10.0. The maximum absolute atomic E-state index is 9.18. The molecule has 2 aromatic rings. The number of aromatic nitrogens is 1. The monoisotopic (exact) mass is 388 g/mol. The predicted octanol–water partition coefficient (Wildman–Crippen LogP) is 3.74. The van der Waals surface area contributed by atoms with Crippen LogP contribution in [0.1, 0.15) is 24.4 Å². The fourth-order valence-corrected chi connectivity index (χ4v) is 4.23. The summed E-state index contributed by atoms with van der Waals surface area (Å²) in [6.45, 7) is 4.39. The number of ether oxygens (including phenoxy) is 4. The fourth-order valence-electron chi connectivity index (χ4n) is 3.49. The second kappa shape index (κ2) is 7.20. The maximum Gasteiger partial charge on any atom is 0.227 e. The highest BCUT2D eigenvalue weighted by molar-refractivity contribution is 7.09. The van der Waals surface area contributed by atoms with E-state index in [1.807, 2.05) is 49.6 Å². The summed E-state index contributed by atoms with van der Waals surface area (Å²) in [4.78, 5) is 7.32. The van der Waals surface area contributed by atoms with Gasteiger partial charge >= 0.3 is 0 Å². The van der Waals surface area contributed by atoms with Crippen molar-refractivity contribution in [3.05, 3.63) is 62.9 Å². The van der Waals surface area contributed by atoms with Crippen molar-refractivity contribution < 1.29 is 18.9 Å². The van der Waals surface area contributed by atoms with Crippen LogP contribution in [-0.4, -0.2) is 35.7 Å². The quantitative estimate of drug-likeness (QED) is 0.426. The Morgan fingerprint density at radius 1 is 1.26 bits per heavy atom. The van der Waals surface area contributed by atoms with Gasteiger partial charge in [0.25, 0.3) is 0 Å². The second-order valence-electron chi connectivity index (χ2n) is 6.90. The van der Waals surface area contributed by atoms with Gasteiger partial charge in [-0.15, -0.1) is 11.3 Å². The Hall–Kier alpha value is -2.00. The lowest BCUT2D eigenvalue weighted by molar-refractivity contribution is -0.216. The van der Waals surface area contributed by atoms with Gasteiger partial charge in [-0.1, -0.05) is 30.3 Å². The van der Waals surface area contributed by atoms with Crippen molar-refractivity contribution >= 4 is 11.3 Å². The van der Waals surface area contributed by atoms with E-state index in [0.29, 0.717) is 11.6 Å². The third kappa shape index (κ3) is 3.45. The van der Waals surface area contributed by atoms with E-state index in [-0.39, 0.29) is 6.61 Å². The summed E-state index contributed by atoms with van der Waals surface area (Å²) in [6, 6.07) is 9.88. The first kappa shape index (κ1) is 18.4. The van der Waals surface area contributed by atoms with Crippen molar-refractivity contribution in [3.63, 3.8) is 0 Å². The predicted molar refractivity (Wildman–Crippen MR) is 97.7 cm³/mol. The normalized spacial score (nSPS) is 31.4. The van der Waals surface area contributed by atoms with Crippen molar-refractivity contribution in [3.8, 4) is 0 Å². The molecule has 0 aliphatic carbocycles. The molecule has 1 aromatic carbocycles. The molecule has 0 unspecified atom stereocenters. The topological polar surface area (TPSA) is 98.6 Å². The number of azide groups is 1. The summed E-state index contributed by atoms with van der Waals surface area (Å²) < 4.78 is 24.2. The molecule has 0 spiro atoms. The average Bonchev–Trinajstić information content (AvgIpc) is 3.34. The molecule has 0 radical (unpaired) electrons. The minimum Gasteiger partial charge on any atom is -0.374 e. The van der Waals surface area contributed by atoms with E-state index in [0.717, 1.165) is 5.56 Å². The summed E-state index contributed by atoms with van der Waals surface area (Å²) in [5.74, 6) is -0.815. The molecule has 8 nitrogen and oxygen atoms in total. The number of benzene rings is 1. The van der Waals surface area contributed by atoms with Gasteiger partial charge in [-0.2, -0.15) is 0 Å². The van der Waals surface area contributed by atoms with E-state index in [9.17, 15) is 5.53 Å². The zero-order chi connectivity index (χ0) is 18.9. The molecular formula is C18H20N4O4S. The second-order valence-corrected chi connectivity index (χ2v) is 7.80. The van der Waals surface area contributed by atoms with Crippen molar-refractivity contribution in [1.82, 2.24) is 4.98 Å². The number of rotatable bonds is 6. The van der Waals surface area contributed by atoms with Crippen LogP contribution >= 0.6 is 11.3 Å². The number of hydrogen-bond donors (Lipinski definition) is 0. The lowest BCUT2D eigenvalue weighted by Crippen LogP contribution is -2.38. The fraction of sp³-hybridized carbons (Fsp3) is 0.500. The van der Waals surface area contributed by atoms with E-state index < -0.39 is 29.8 Å². The first-order valence-corrected chi connectivity index (χ1v) is 9.53. The molecule has 0 amide bonds. The smallest absolute Gasteiger partial charge is 0.227 e. The number of hydrogen-bond acceptors (Lipinski definition) is 7. The molecule has 2 saturated heterocycles. The average molecular weight is 388 g/mol. The van der Waals surface area contributed by atoms with E-state index in [2.05, 4.69) is 15.0 Å². The SMILES string of the molecule is CC1(C)O[C@H]2[C@@H](O1)[C@](N=[N+]=[N-])(c1nccs1)O[C@@H]2COCc1ccccc1. The molecule has 2 fully saturated rings. The third-order valence-corrected chi connectivity index (χ3v) is 5.42. The van der Waals surface area contributed by atoms with Gasteiger partial charge in [-0.05, 0) is 30.1 Å². The highest BCUT2D eigenvalue weighted by Gasteiger charge is 2.64. The van der Waals surface area contributed by atoms with E-state index in [1.54, 1.807) is 6.20 Å². The number of fused-ring (bicyclic) bond motifs is 1. The van der Waals surface area contributed by atoms with Gasteiger partial charge in [0, 0.05) is 16.5 Å². The standard InChI is InChI=1S/C18H20N4O4S/c1-17(2)25-14-13(11-23-10-12-6-4-3-5-7-12)24-18(21-22-19,15(14)26-17)16-20-8-9-27-16/h3-9,13-15H,10-11H2,1-2H3/t13-,14-,15-,18-/m1/s1. The Morgan fingerprint density at radius 3 is 2.78 bits per heavy atom. The van der Waals surface area contributed by atoms with Crippen LogP contribution in [0, 0.1) is 0 Å². The summed E-state index contributed by atoms with van der Waals surface area (Å²) in [5.41, 5.74) is 8.89. The Bertz CT molecular complexity index is 825. The Morgan fingerprint density at radius 2 is 2.07 bits per heavy atom. The molecule has 0 saturated carbocycles. The van der Waals surface area contributed by atoms with Crippen LogP contribution in [0.3, 0.4) is 0 Å². The molecule has 0 N–H and O–H groups in total. The van der Waals surface area contributed by atoms with Crippen LogP contribution in [0.15, 0.2) is 47.0 Å². The Kier molecular flexibility index (Phi) is 4.90. The molecule has 2 aliphatic rings. The van der Waals surface area contributed by atoms with Gasteiger partial charge in [0.1, 0.15) is 23.3 Å². The molecular weight excluding hydrogens is 368 g/mol. The summed E-state index contributed by atoms with van der Waals surface area (Å²) in [7, 11) is 0. The van der Waals surface area contributed by atoms with Gasteiger partial charge in [-0.3, -0.25) is 0 Å². The van der Waals surface area contributed by atoms with E-state index in [4.69, 9.17) is 18.9 Å². The first-order chi connectivity index (χ1) is 13.0. The van der Waals surface area contributed by atoms with Crippen molar-refractivity contribution in [2.75, 3.05) is 6.61 Å². The van der Waals surface area contributed by atoms with Gasteiger partial charge in [0.15, 0.2) is 5.79 Å². The third-order valence-electron chi connectivity index (χ3n) is 4.54. The van der Waals surface area contributed by atoms with Crippen LogP contribution < -0.4 is 0 Å². The maximum atomic E-state index is 9.18. The molecule has 2 aliphatic heterocycles. The molecule has 3 heterocycles. The molecule has 142 valence electrons. The highest BCUT2D eigenvalue weighted by atomic mass is 32.1. The Labute approximate surface area is 160 Å². The molecule has 4 atom stereocenters. The number of nitrogens with zero attached hydrogens (tertiary/aromatic N) is 4. The van der Waals surface area contributed by atoms with E-state index in [1.165, 1.54) is 11.3 Å². The van der Waals surface area contributed by atoms with Crippen LogP contribution in [0.2, 0.25) is 0 Å². The molecule has 9 heteroatoms. The van der Waals surface area contributed by atoms with Crippen LogP contribution in [-0.2, 0) is 31.3 Å². The van der Waals surface area contributed by atoms with Crippen LogP contribution in [0.5, 0.6) is 0 Å². The van der Waals surface area contributed by atoms with Gasteiger partial charge in [-0.25, -0.2) is 4.98 Å². The zero-order valence-corrected chi connectivity index (χ0v) is 15.8. The van der Waals surface area contributed by atoms with Gasteiger partial charge < -0.3 is 18.9 Å². The zero-order valence-electron chi connectivity index (χ0n) is 15.0. The van der Waals surface area contributed by atoms with Crippen LogP contribution in [0.4, 0.5) is 0 Å². The molecule has 27 heavy (non-hydrogen) atoms. The lowest BCUT2D eigenvalue weighted by Gasteiger charge is -2.29. The minimum atomic E-state index is -1.36. The summed E-state index contributed by atoms with van der Waals surface area (Å²) in [6.07, 6.45) is 0.174. The summed E-state index contributed by atoms with van der Waals surface area (Å²) >= 11 is 1.35. The van der Waals surface area contributed by atoms with Crippen molar-refractivity contribution in [2.45, 2.75) is 50.3 Å². The van der Waals surface area contributed by atoms with Crippen molar-refractivity contribution in [2.24, 2.45) is 5.11 Å². The van der Waals surface area contributed by atoms with Crippen LogP contribution in [0.25, 0.3) is 10.4 Å². The molecule has 4 rings (SSSR count). The molecule has 0 bridgehead atoms. The summed E-state index contributed by atoms with van der Waals surface area (Å²) in [5, 5.41) is 6.32. The minimum absolute atomic E-state index is 0.281. The Balaban J connectivity index is 1.57. The van der Waals surface area contributed by atoms with Gasteiger partial charge in [0.05, 0.1) is 13.2 Å². The largest absolute Gasteiger partial charge is 0.374 e. The highest BCUT2D eigenvalue weighted by Crippen LogP contribution is 2.50. The van der Waals surface area contributed by atoms with E-state index >= 15 is 0 Å². The number of thiazole rings is 1. The van der Waals surface area contributed by atoms with Crippen molar-refractivity contribution in [1.29, 1.82) is 0 Å².